The largest absolute Gasteiger partial charge is 0.492 e. The number of fused-ring (bicyclic) bond motifs is 2. The number of pyridine rings is 1. The van der Waals surface area contributed by atoms with Crippen molar-refractivity contribution in [2.45, 2.75) is 20.4 Å². The molecular formula is C29H24N6O2S. The van der Waals surface area contributed by atoms with Crippen molar-refractivity contribution >= 4 is 50.7 Å². The van der Waals surface area contributed by atoms with Gasteiger partial charge in [0.2, 0.25) is 5.17 Å². The standard InChI is InChI=1S/C29H24N6O2S/c1-18-9-10-22(14-19(18)2)37-13-12-34-17-21(23-7-3-4-8-25(23)34)15-24-26(30)35-29(32-27(24)36)38-28(33-35)20-6-5-11-31-16-20/h3-11,14-17,30H,12-13H2,1-2H3. The van der Waals surface area contributed by atoms with Gasteiger partial charge in [-0.3, -0.25) is 15.2 Å². The molecule has 1 N–H and O–H groups in total. The van der Waals surface area contributed by atoms with Gasteiger partial charge in [-0.25, -0.2) is 0 Å². The van der Waals surface area contributed by atoms with Crippen LogP contribution in [0.2, 0.25) is 0 Å². The second-order valence-electron chi connectivity index (χ2n) is 9.06. The minimum absolute atomic E-state index is 0.00120. The first-order valence-electron chi connectivity index (χ1n) is 12.2. The van der Waals surface area contributed by atoms with Crippen molar-refractivity contribution < 1.29 is 9.53 Å². The number of hydrogen-bond donors (Lipinski definition) is 1. The van der Waals surface area contributed by atoms with E-state index >= 15 is 0 Å². The molecule has 0 spiro atoms. The van der Waals surface area contributed by atoms with E-state index in [9.17, 15) is 4.79 Å². The molecule has 2 aliphatic rings. The summed E-state index contributed by atoms with van der Waals surface area (Å²) in [6.07, 6.45) is 7.11. The zero-order valence-electron chi connectivity index (χ0n) is 20.9. The molecule has 6 rings (SSSR count). The number of carbonyl (C=O) groups is 1. The number of nitrogens with zero attached hydrogens (tertiary/aromatic N) is 5. The molecule has 4 aromatic rings. The second kappa shape index (κ2) is 9.75. The fourth-order valence-corrected chi connectivity index (χ4v) is 5.28. The van der Waals surface area contributed by atoms with Crippen molar-refractivity contribution in [3.63, 3.8) is 0 Å². The molecule has 8 nitrogen and oxygen atoms in total. The van der Waals surface area contributed by atoms with Gasteiger partial charge in [0.25, 0.3) is 5.91 Å². The molecule has 9 heteroatoms. The quantitative estimate of drug-likeness (QED) is 0.344. The number of aliphatic imine (C=N–C) groups is 1. The number of para-hydroxylation sites is 1. The van der Waals surface area contributed by atoms with Gasteiger partial charge in [0.05, 0.1) is 12.1 Å². The average molecular weight is 521 g/mol. The molecule has 0 atom stereocenters. The van der Waals surface area contributed by atoms with E-state index in [1.165, 1.54) is 27.9 Å². The predicted octanol–water partition coefficient (Wildman–Crippen LogP) is 5.40. The Hall–Kier alpha value is -4.50. The molecule has 38 heavy (non-hydrogen) atoms. The highest BCUT2D eigenvalue weighted by Crippen LogP contribution is 2.32. The summed E-state index contributed by atoms with van der Waals surface area (Å²) in [6, 6.07) is 17.8. The number of aryl methyl sites for hydroxylation is 2. The summed E-state index contributed by atoms with van der Waals surface area (Å²) >= 11 is 1.26. The summed E-state index contributed by atoms with van der Waals surface area (Å²) in [5, 5.41) is 16.7. The summed E-state index contributed by atoms with van der Waals surface area (Å²) < 4.78 is 8.12. The van der Waals surface area contributed by atoms with Crippen molar-refractivity contribution in [2.24, 2.45) is 10.1 Å². The van der Waals surface area contributed by atoms with E-state index in [1.807, 2.05) is 54.7 Å². The van der Waals surface area contributed by atoms with Gasteiger partial charge in [-0.1, -0.05) is 24.3 Å². The Balaban J connectivity index is 1.27. The van der Waals surface area contributed by atoms with Crippen LogP contribution in [0.25, 0.3) is 17.0 Å². The molecule has 0 bridgehead atoms. The molecule has 0 saturated heterocycles. The number of amides is 1. The highest BCUT2D eigenvalue weighted by Gasteiger charge is 2.36. The highest BCUT2D eigenvalue weighted by atomic mass is 32.2. The average Bonchev–Trinajstić information content (AvgIpc) is 3.51. The third-order valence-corrected chi connectivity index (χ3v) is 7.52. The number of hydrazone groups is 1. The Morgan fingerprint density at radius 3 is 2.76 bits per heavy atom. The van der Waals surface area contributed by atoms with Crippen molar-refractivity contribution in [1.82, 2.24) is 14.6 Å². The van der Waals surface area contributed by atoms with Crippen molar-refractivity contribution in [1.29, 1.82) is 5.41 Å². The molecule has 0 aliphatic carbocycles. The lowest BCUT2D eigenvalue weighted by Crippen LogP contribution is -2.35. The van der Waals surface area contributed by atoms with Crippen LogP contribution in [0.1, 0.15) is 22.3 Å². The molecule has 188 valence electrons. The maximum absolute atomic E-state index is 13.0. The lowest BCUT2D eigenvalue weighted by Gasteiger charge is -2.20. The maximum Gasteiger partial charge on any atom is 0.283 e. The number of aromatic nitrogens is 2. The molecule has 4 heterocycles. The van der Waals surface area contributed by atoms with Gasteiger partial charge in [0.1, 0.15) is 17.4 Å². The number of benzene rings is 2. The molecule has 2 aliphatic heterocycles. The van der Waals surface area contributed by atoms with Crippen LogP contribution in [0.5, 0.6) is 5.75 Å². The third kappa shape index (κ3) is 4.41. The van der Waals surface area contributed by atoms with Crippen molar-refractivity contribution in [3.05, 3.63) is 101 Å². The van der Waals surface area contributed by atoms with E-state index in [1.54, 1.807) is 18.5 Å². The zero-order valence-corrected chi connectivity index (χ0v) is 21.7. The number of carbonyl (C=O) groups excluding carboxylic acids is 1. The zero-order chi connectivity index (χ0) is 26.2. The second-order valence-corrected chi connectivity index (χ2v) is 10.0. The molecule has 2 aromatic carbocycles. The van der Waals surface area contributed by atoms with Crippen LogP contribution in [0.4, 0.5) is 0 Å². The normalized spacial score (nSPS) is 16.2. The lowest BCUT2D eigenvalue weighted by molar-refractivity contribution is -0.114. The van der Waals surface area contributed by atoms with E-state index in [4.69, 9.17) is 10.1 Å². The lowest BCUT2D eigenvalue weighted by atomic mass is 10.1. The molecule has 2 aromatic heterocycles. The summed E-state index contributed by atoms with van der Waals surface area (Å²) in [5.41, 5.74) is 5.29. The van der Waals surface area contributed by atoms with Gasteiger partial charge in [-0.15, -0.1) is 0 Å². The number of amidine groups is 2. The molecule has 0 unspecified atom stereocenters. The topological polar surface area (TPSA) is 95.9 Å². The van der Waals surface area contributed by atoms with E-state index < -0.39 is 5.91 Å². The SMILES string of the molecule is Cc1ccc(OCCn2cc(C=C3C(=N)N4N=C(c5cccnc5)SC4=NC3=O)c3ccccc32)cc1C. The Morgan fingerprint density at radius 2 is 1.95 bits per heavy atom. The molecular weight excluding hydrogens is 496 g/mol. The monoisotopic (exact) mass is 520 g/mol. The minimum atomic E-state index is -0.453. The first-order valence-corrected chi connectivity index (χ1v) is 13.0. The molecule has 1 amide bonds. The number of nitrogens with one attached hydrogen (secondary N) is 1. The Labute approximate surface area is 223 Å². The van der Waals surface area contributed by atoms with Gasteiger partial charge >= 0.3 is 0 Å². The first-order chi connectivity index (χ1) is 18.5. The van der Waals surface area contributed by atoms with Gasteiger partial charge in [-0.2, -0.15) is 15.1 Å². The highest BCUT2D eigenvalue weighted by molar-refractivity contribution is 8.27. The predicted molar refractivity (Wildman–Crippen MR) is 152 cm³/mol. The minimum Gasteiger partial charge on any atom is -0.492 e. The maximum atomic E-state index is 13.0. The molecule has 0 fully saturated rings. The van der Waals surface area contributed by atoms with Crippen LogP contribution < -0.4 is 4.74 Å². The van der Waals surface area contributed by atoms with Crippen molar-refractivity contribution in [2.75, 3.05) is 6.61 Å². The van der Waals surface area contributed by atoms with Crippen molar-refractivity contribution in [3.8, 4) is 5.75 Å². The third-order valence-electron chi connectivity index (χ3n) is 6.56. The van der Waals surface area contributed by atoms with Gasteiger partial charge < -0.3 is 9.30 Å². The fraction of sp³-hybridized carbons (Fsp3) is 0.138. The van der Waals surface area contributed by atoms with Crippen LogP contribution in [0.15, 0.2) is 88.9 Å². The molecule has 0 radical (unpaired) electrons. The Kier molecular flexibility index (Phi) is 6.13. The van der Waals surface area contributed by atoms with Crippen LogP contribution in [0, 0.1) is 19.3 Å². The van der Waals surface area contributed by atoms with Crippen LogP contribution in [0.3, 0.4) is 0 Å². The van der Waals surface area contributed by atoms with Gasteiger partial charge in [0.15, 0.2) is 5.84 Å². The van der Waals surface area contributed by atoms with E-state index in [0.717, 1.165) is 27.8 Å². The number of hydrogen-bond acceptors (Lipinski definition) is 6. The van der Waals surface area contributed by atoms with Gasteiger partial charge in [0, 0.05) is 40.6 Å². The van der Waals surface area contributed by atoms with Crippen LogP contribution >= 0.6 is 11.8 Å². The van der Waals surface area contributed by atoms with E-state index in [-0.39, 0.29) is 11.4 Å². The summed E-state index contributed by atoms with van der Waals surface area (Å²) in [6.45, 7) is 5.28. The van der Waals surface area contributed by atoms with Gasteiger partial charge in [-0.05, 0) is 73.1 Å². The van der Waals surface area contributed by atoms with Crippen LogP contribution in [-0.4, -0.2) is 43.1 Å². The molecule has 0 saturated carbocycles. The van der Waals surface area contributed by atoms with E-state index in [2.05, 4.69) is 39.6 Å². The van der Waals surface area contributed by atoms with E-state index in [0.29, 0.717) is 23.4 Å². The summed E-state index contributed by atoms with van der Waals surface area (Å²) in [5.74, 6) is 0.393. The fourth-order valence-electron chi connectivity index (χ4n) is 4.39. The Bertz CT molecular complexity index is 1690. The van der Waals surface area contributed by atoms with Crippen LogP contribution in [-0.2, 0) is 11.3 Å². The summed E-state index contributed by atoms with van der Waals surface area (Å²) in [7, 11) is 0. The number of rotatable bonds is 6. The summed E-state index contributed by atoms with van der Waals surface area (Å²) in [4.78, 5) is 21.4. The first kappa shape index (κ1) is 23.9. The number of thioether (sulfide) groups is 1. The smallest absolute Gasteiger partial charge is 0.283 e. The Morgan fingerprint density at radius 1 is 1.08 bits per heavy atom. The number of ether oxygens (including phenoxy) is 1.